The van der Waals surface area contributed by atoms with Gasteiger partial charge in [-0.25, -0.2) is 0 Å². The SMILES string of the molecule is CN(C/C=C/C1CC=CCC1)C(=O)C(C)(C)C. The fraction of sp³-hybridized carbons (Fsp3) is 0.667. The zero-order valence-electron chi connectivity index (χ0n) is 11.6. The summed E-state index contributed by atoms with van der Waals surface area (Å²) in [6.07, 6.45) is 12.5. The van der Waals surface area contributed by atoms with E-state index in [-0.39, 0.29) is 11.3 Å². The van der Waals surface area contributed by atoms with Crippen molar-refractivity contribution in [2.45, 2.75) is 40.0 Å². The van der Waals surface area contributed by atoms with E-state index in [2.05, 4.69) is 24.3 Å². The molecule has 0 bridgehead atoms. The molecule has 1 rings (SSSR count). The quantitative estimate of drug-likeness (QED) is 0.687. The highest BCUT2D eigenvalue weighted by molar-refractivity contribution is 5.81. The molecule has 0 saturated carbocycles. The molecule has 0 radical (unpaired) electrons. The Morgan fingerprint density at radius 3 is 2.65 bits per heavy atom. The first-order valence-corrected chi connectivity index (χ1v) is 6.48. The number of rotatable bonds is 3. The third kappa shape index (κ3) is 4.76. The van der Waals surface area contributed by atoms with Crippen LogP contribution in [-0.4, -0.2) is 24.4 Å². The molecule has 1 unspecified atom stereocenters. The standard InChI is InChI=1S/C15H25NO/c1-15(2,3)14(17)16(4)12-8-11-13-9-6-5-7-10-13/h5-6,8,11,13H,7,9-10,12H2,1-4H3/b11-8+. The number of carbonyl (C=O) groups excluding carboxylic acids is 1. The van der Waals surface area contributed by atoms with E-state index in [0.717, 1.165) is 13.0 Å². The van der Waals surface area contributed by atoms with E-state index in [9.17, 15) is 4.79 Å². The number of nitrogens with zero attached hydrogens (tertiary/aromatic N) is 1. The Labute approximate surface area is 105 Å². The van der Waals surface area contributed by atoms with Crippen molar-refractivity contribution in [3.8, 4) is 0 Å². The molecule has 96 valence electrons. The van der Waals surface area contributed by atoms with E-state index in [1.165, 1.54) is 12.8 Å². The predicted molar refractivity (Wildman–Crippen MR) is 72.7 cm³/mol. The van der Waals surface area contributed by atoms with Gasteiger partial charge in [0.15, 0.2) is 0 Å². The van der Waals surface area contributed by atoms with Gasteiger partial charge in [-0.2, -0.15) is 0 Å². The minimum atomic E-state index is -0.282. The highest BCUT2D eigenvalue weighted by Gasteiger charge is 2.24. The van der Waals surface area contributed by atoms with Crippen molar-refractivity contribution >= 4 is 5.91 Å². The van der Waals surface area contributed by atoms with Gasteiger partial charge in [0.25, 0.3) is 0 Å². The maximum absolute atomic E-state index is 11.9. The maximum Gasteiger partial charge on any atom is 0.227 e. The Bertz CT molecular complexity index is 309. The zero-order valence-corrected chi connectivity index (χ0v) is 11.6. The first-order chi connectivity index (χ1) is 7.91. The minimum Gasteiger partial charge on any atom is -0.342 e. The highest BCUT2D eigenvalue weighted by Crippen LogP contribution is 2.19. The Morgan fingerprint density at radius 1 is 1.41 bits per heavy atom. The summed E-state index contributed by atoms with van der Waals surface area (Å²) in [6.45, 7) is 6.60. The van der Waals surface area contributed by atoms with Crippen LogP contribution < -0.4 is 0 Å². The van der Waals surface area contributed by atoms with Crippen LogP contribution in [0.15, 0.2) is 24.3 Å². The van der Waals surface area contributed by atoms with Gasteiger partial charge in [-0.05, 0) is 25.2 Å². The summed E-state index contributed by atoms with van der Waals surface area (Å²) < 4.78 is 0. The lowest BCUT2D eigenvalue weighted by atomic mass is 9.93. The Hall–Kier alpha value is -1.05. The monoisotopic (exact) mass is 235 g/mol. The molecule has 0 saturated heterocycles. The smallest absolute Gasteiger partial charge is 0.227 e. The molecule has 0 aromatic carbocycles. The van der Waals surface area contributed by atoms with Gasteiger partial charge >= 0.3 is 0 Å². The molecule has 0 spiro atoms. The van der Waals surface area contributed by atoms with E-state index in [1.807, 2.05) is 27.8 Å². The van der Waals surface area contributed by atoms with Gasteiger partial charge in [-0.3, -0.25) is 4.79 Å². The second-order valence-corrected chi connectivity index (χ2v) is 5.91. The van der Waals surface area contributed by atoms with Crippen LogP contribution in [-0.2, 0) is 4.79 Å². The molecule has 0 aromatic rings. The summed E-state index contributed by atoms with van der Waals surface area (Å²) in [4.78, 5) is 13.7. The summed E-state index contributed by atoms with van der Waals surface area (Å²) in [5, 5.41) is 0. The number of allylic oxidation sites excluding steroid dienone is 3. The topological polar surface area (TPSA) is 20.3 Å². The van der Waals surface area contributed by atoms with E-state index in [0.29, 0.717) is 5.92 Å². The van der Waals surface area contributed by atoms with Gasteiger partial charge in [0.1, 0.15) is 0 Å². The van der Waals surface area contributed by atoms with Crippen molar-refractivity contribution in [3.63, 3.8) is 0 Å². The van der Waals surface area contributed by atoms with Crippen LogP contribution in [0, 0.1) is 11.3 Å². The normalized spacial score (nSPS) is 20.8. The van der Waals surface area contributed by atoms with Crippen LogP contribution in [0.4, 0.5) is 0 Å². The van der Waals surface area contributed by atoms with Crippen molar-refractivity contribution in [3.05, 3.63) is 24.3 Å². The number of hydrogen-bond acceptors (Lipinski definition) is 1. The molecular weight excluding hydrogens is 210 g/mol. The summed E-state index contributed by atoms with van der Waals surface area (Å²) >= 11 is 0. The summed E-state index contributed by atoms with van der Waals surface area (Å²) in [5.41, 5.74) is -0.282. The van der Waals surface area contributed by atoms with Crippen molar-refractivity contribution in [2.75, 3.05) is 13.6 Å². The molecule has 0 N–H and O–H groups in total. The molecule has 0 heterocycles. The van der Waals surface area contributed by atoms with E-state index >= 15 is 0 Å². The average molecular weight is 235 g/mol. The zero-order chi connectivity index (χ0) is 12.9. The van der Waals surface area contributed by atoms with Crippen molar-refractivity contribution in [1.29, 1.82) is 0 Å². The van der Waals surface area contributed by atoms with Crippen LogP contribution in [0.5, 0.6) is 0 Å². The van der Waals surface area contributed by atoms with Gasteiger partial charge in [-0.15, -0.1) is 0 Å². The van der Waals surface area contributed by atoms with Crippen LogP contribution in [0.25, 0.3) is 0 Å². The van der Waals surface area contributed by atoms with Crippen molar-refractivity contribution in [2.24, 2.45) is 11.3 Å². The first kappa shape index (κ1) is 14.0. The molecule has 1 amide bonds. The molecule has 0 fully saturated rings. The maximum atomic E-state index is 11.9. The molecule has 1 aliphatic carbocycles. The number of hydrogen-bond donors (Lipinski definition) is 0. The minimum absolute atomic E-state index is 0.200. The van der Waals surface area contributed by atoms with Crippen LogP contribution >= 0.6 is 0 Å². The molecule has 2 heteroatoms. The van der Waals surface area contributed by atoms with E-state index in [1.54, 1.807) is 4.90 Å². The fourth-order valence-electron chi connectivity index (χ4n) is 2.06. The molecule has 17 heavy (non-hydrogen) atoms. The van der Waals surface area contributed by atoms with Crippen LogP contribution in [0.3, 0.4) is 0 Å². The molecule has 2 nitrogen and oxygen atoms in total. The summed E-state index contributed by atoms with van der Waals surface area (Å²) in [5.74, 6) is 0.865. The first-order valence-electron chi connectivity index (χ1n) is 6.48. The third-order valence-electron chi connectivity index (χ3n) is 3.09. The van der Waals surface area contributed by atoms with Gasteiger partial charge in [-0.1, -0.05) is 45.1 Å². The predicted octanol–water partition coefficient (Wildman–Crippen LogP) is 3.40. The van der Waals surface area contributed by atoms with Gasteiger partial charge in [0.05, 0.1) is 0 Å². The van der Waals surface area contributed by atoms with Crippen molar-refractivity contribution < 1.29 is 4.79 Å². The van der Waals surface area contributed by atoms with Crippen LogP contribution in [0.2, 0.25) is 0 Å². The largest absolute Gasteiger partial charge is 0.342 e. The van der Waals surface area contributed by atoms with Crippen molar-refractivity contribution in [1.82, 2.24) is 4.90 Å². The van der Waals surface area contributed by atoms with E-state index < -0.39 is 0 Å². The summed E-state index contributed by atoms with van der Waals surface area (Å²) in [6, 6.07) is 0. The van der Waals surface area contributed by atoms with Crippen LogP contribution in [0.1, 0.15) is 40.0 Å². The Kier molecular flexibility index (Phi) is 4.98. The second-order valence-electron chi connectivity index (χ2n) is 5.91. The van der Waals surface area contributed by atoms with Gasteiger partial charge in [0, 0.05) is 19.0 Å². The molecule has 1 aliphatic rings. The number of likely N-dealkylation sites (N-methyl/N-ethyl adjacent to an activating group) is 1. The average Bonchev–Trinajstić information content (AvgIpc) is 2.28. The number of amides is 1. The van der Waals surface area contributed by atoms with Gasteiger partial charge < -0.3 is 4.90 Å². The Morgan fingerprint density at radius 2 is 2.12 bits per heavy atom. The third-order valence-corrected chi connectivity index (χ3v) is 3.09. The molecule has 1 atom stereocenters. The lowest BCUT2D eigenvalue weighted by Gasteiger charge is -2.25. The molecule has 0 aromatic heterocycles. The number of carbonyl (C=O) groups is 1. The van der Waals surface area contributed by atoms with Gasteiger partial charge in [0.2, 0.25) is 5.91 Å². The highest BCUT2D eigenvalue weighted by atomic mass is 16.2. The second kappa shape index (κ2) is 6.04. The fourth-order valence-corrected chi connectivity index (χ4v) is 2.06. The molecular formula is C15H25NO. The Balaban J connectivity index is 2.37. The lowest BCUT2D eigenvalue weighted by Crippen LogP contribution is -2.36. The summed E-state index contributed by atoms with van der Waals surface area (Å²) in [7, 11) is 1.87. The molecule has 0 aliphatic heterocycles. The van der Waals surface area contributed by atoms with E-state index in [4.69, 9.17) is 0 Å². The lowest BCUT2D eigenvalue weighted by molar-refractivity contribution is -0.137.